The number of allylic oxidation sites excluding steroid dienone is 7. The van der Waals surface area contributed by atoms with Crippen LogP contribution in [-0.2, 0) is 42.4 Å². The van der Waals surface area contributed by atoms with Crippen LogP contribution in [0.5, 0.6) is 0 Å². The smallest absolute Gasteiger partial charge is 0.330 e. The first-order chi connectivity index (χ1) is 20.1. The van der Waals surface area contributed by atoms with Crippen LogP contribution in [-0.4, -0.2) is 91.4 Å². The summed E-state index contributed by atoms with van der Waals surface area (Å²) in [4.78, 5) is 22.8. The zero-order valence-electron chi connectivity index (χ0n) is 27.5. The van der Waals surface area contributed by atoms with Gasteiger partial charge in [0, 0.05) is 31.9 Å². The molecule has 244 valence electrons. The van der Waals surface area contributed by atoms with E-state index in [2.05, 4.69) is 54.5 Å². The summed E-state index contributed by atoms with van der Waals surface area (Å²) in [6.07, 6.45) is 12.3. The first-order valence-electron chi connectivity index (χ1n) is 14.3. The Labute approximate surface area is 267 Å². The Hall–Kier alpha value is -1.70. The molecule has 1 rings (SSSR count). The molecule has 0 aliphatic carbocycles. The average molecular weight is 688 g/mol. The van der Waals surface area contributed by atoms with Gasteiger partial charge >= 0.3 is 5.97 Å². The highest BCUT2D eigenvalue weighted by atomic mass is 79.9. The van der Waals surface area contributed by atoms with Gasteiger partial charge in [-0.05, 0) is 56.6 Å². The van der Waals surface area contributed by atoms with E-state index >= 15 is 0 Å². The topological polar surface area (TPSA) is 98.8 Å². The largest absolute Gasteiger partial charge is 0.466 e. The van der Waals surface area contributed by atoms with E-state index in [1.165, 1.54) is 26.2 Å². The number of hydrogen-bond donors (Lipinski definition) is 0. The van der Waals surface area contributed by atoms with Gasteiger partial charge < -0.3 is 32.8 Å². The normalized spacial score (nSPS) is 25.7. The van der Waals surface area contributed by atoms with Crippen molar-refractivity contribution in [3.8, 4) is 0 Å². The molecule has 1 heterocycles. The van der Waals surface area contributed by atoms with Crippen LogP contribution >= 0.6 is 15.9 Å². The molecular formula is C32H51BrO9Si. The minimum Gasteiger partial charge on any atom is -0.466 e. The zero-order valence-corrected chi connectivity index (χ0v) is 30.1. The molecule has 0 bridgehead atoms. The minimum atomic E-state index is -2.31. The number of carbonyl (C=O) groups is 2. The molecule has 0 N–H and O–H groups in total. The molecular weight excluding hydrogens is 636 g/mol. The van der Waals surface area contributed by atoms with Crippen LogP contribution in [0.1, 0.15) is 41.0 Å². The van der Waals surface area contributed by atoms with Crippen LogP contribution in [0.4, 0.5) is 0 Å². The molecule has 0 spiro atoms. The van der Waals surface area contributed by atoms with E-state index in [4.69, 9.17) is 28.1 Å². The molecule has 0 saturated carbocycles. The lowest BCUT2D eigenvalue weighted by Crippen LogP contribution is -2.60. The highest BCUT2D eigenvalue weighted by Gasteiger charge is 2.48. The standard InChI is InChI=1S/C32H51BrO9Si/c1-22(34)17-13-12-14-19-25(41-31-30(39-9)29(38-8)28(37-7)23(2)40-31)26(42-43(10,11)32(3,4)5)21-24(33)18-15-16-20-27(35)36-6/h12-18,20-21,23,25-26,28-31H,19H2,1-11H3/b14-12+,17-13+,18-15+,20-16-,24-21-/t23-,25-,26+,28-,29+,30+,31-/m0/s1. The highest BCUT2D eigenvalue weighted by molar-refractivity contribution is 9.11. The Morgan fingerprint density at radius 2 is 1.49 bits per heavy atom. The summed E-state index contributed by atoms with van der Waals surface area (Å²) >= 11 is 3.64. The maximum atomic E-state index is 11.4. The summed E-state index contributed by atoms with van der Waals surface area (Å²) in [5.74, 6) is -0.482. The Balaban J connectivity index is 3.58. The third kappa shape index (κ3) is 13.0. The van der Waals surface area contributed by atoms with Crippen LogP contribution < -0.4 is 0 Å². The van der Waals surface area contributed by atoms with Gasteiger partial charge in [0.2, 0.25) is 0 Å². The summed E-state index contributed by atoms with van der Waals surface area (Å²) in [5, 5.41) is -0.0764. The van der Waals surface area contributed by atoms with E-state index in [0.29, 0.717) is 6.42 Å². The van der Waals surface area contributed by atoms with Crippen LogP contribution in [0.3, 0.4) is 0 Å². The Morgan fingerprint density at radius 1 is 0.907 bits per heavy atom. The van der Waals surface area contributed by atoms with Gasteiger partial charge in [0.25, 0.3) is 0 Å². The molecule has 0 aromatic carbocycles. The molecule has 0 aromatic rings. The van der Waals surface area contributed by atoms with Gasteiger partial charge in [-0.15, -0.1) is 0 Å². The van der Waals surface area contributed by atoms with Gasteiger partial charge in [0.15, 0.2) is 20.4 Å². The minimum absolute atomic E-state index is 0.0395. The van der Waals surface area contributed by atoms with E-state index in [9.17, 15) is 9.59 Å². The lowest BCUT2D eigenvalue weighted by Gasteiger charge is -2.46. The number of esters is 1. The Kier molecular flexibility index (Phi) is 17.3. The third-order valence-electron chi connectivity index (χ3n) is 7.53. The van der Waals surface area contributed by atoms with E-state index in [1.54, 1.807) is 39.6 Å². The van der Waals surface area contributed by atoms with Crippen molar-refractivity contribution < 1.29 is 42.4 Å². The SMILES string of the molecule is COC(=O)\C=C/C=C/C(Br)=C/[C@@H](O[Si](C)(C)C(C)(C)C)[C@H](C/C=C/C=C/C(C)=O)O[C@@H]1O[C@@H](C)[C@H](OC)[C@@H](OC)[C@H]1OC. The molecule has 43 heavy (non-hydrogen) atoms. The quantitative estimate of drug-likeness (QED) is 0.0813. The number of rotatable bonds is 16. The van der Waals surface area contributed by atoms with Crippen molar-refractivity contribution in [3.05, 3.63) is 59.2 Å². The highest BCUT2D eigenvalue weighted by Crippen LogP contribution is 2.39. The fourth-order valence-electron chi connectivity index (χ4n) is 4.14. The van der Waals surface area contributed by atoms with Crippen molar-refractivity contribution in [1.82, 2.24) is 0 Å². The fraction of sp³-hybridized carbons (Fsp3) is 0.625. The van der Waals surface area contributed by atoms with E-state index in [-0.39, 0.29) is 23.0 Å². The lowest BCUT2D eigenvalue weighted by atomic mass is 9.99. The summed E-state index contributed by atoms with van der Waals surface area (Å²) in [7, 11) is 3.84. The van der Waals surface area contributed by atoms with Crippen LogP contribution in [0.25, 0.3) is 0 Å². The van der Waals surface area contributed by atoms with E-state index < -0.39 is 45.0 Å². The monoisotopic (exact) mass is 686 g/mol. The summed E-state index contributed by atoms with van der Waals surface area (Å²) < 4.78 is 42.6. The van der Waals surface area contributed by atoms with Gasteiger partial charge in [-0.3, -0.25) is 4.79 Å². The summed E-state index contributed by atoms with van der Waals surface area (Å²) in [6.45, 7) is 14.3. The number of ketones is 1. The Bertz CT molecular complexity index is 1030. The van der Waals surface area contributed by atoms with Crippen molar-refractivity contribution in [2.75, 3.05) is 28.4 Å². The molecule has 0 aromatic heterocycles. The lowest BCUT2D eigenvalue weighted by molar-refractivity contribution is -0.318. The average Bonchev–Trinajstić information content (AvgIpc) is 2.92. The number of carbonyl (C=O) groups excluding carboxylic acids is 2. The van der Waals surface area contributed by atoms with Gasteiger partial charge in [0.1, 0.15) is 18.3 Å². The van der Waals surface area contributed by atoms with E-state index in [0.717, 1.165) is 4.48 Å². The molecule has 0 amide bonds. The number of hydrogen-bond acceptors (Lipinski definition) is 9. The van der Waals surface area contributed by atoms with Crippen molar-refractivity contribution in [2.24, 2.45) is 0 Å². The second-order valence-corrected chi connectivity index (χ2v) is 17.4. The first kappa shape index (κ1) is 39.3. The van der Waals surface area contributed by atoms with Crippen LogP contribution in [0.2, 0.25) is 18.1 Å². The molecule has 7 atom stereocenters. The summed E-state index contributed by atoms with van der Waals surface area (Å²) in [6, 6.07) is 0. The van der Waals surface area contributed by atoms with Gasteiger partial charge in [-0.25, -0.2) is 4.79 Å². The fourth-order valence-corrected chi connectivity index (χ4v) is 5.81. The Morgan fingerprint density at radius 3 is 2.02 bits per heavy atom. The molecule has 1 saturated heterocycles. The van der Waals surface area contributed by atoms with Crippen LogP contribution in [0.15, 0.2) is 59.2 Å². The zero-order chi connectivity index (χ0) is 32.8. The third-order valence-corrected chi connectivity index (χ3v) is 12.5. The van der Waals surface area contributed by atoms with Crippen molar-refractivity contribution in [2.45, 2.75) is 102 Å². The molecule has 1 aliphatic rings. The molecule has 0 radical (unpaired) electrons. The van der Waals surface area contributed by atoms with Gasteiger partial charge in [-0.2, -0.15) is 0 Å². The number of ether oxygens (including phenoxy) is 6. The van der Waals surface area contributed by atoms with Crippen LogP contribution in [0, 0.1) is 0 Å². The maximum Gasteiger partial charge on any atom is 0.330 e. The van der Waals surface area contributed by atoms with Gasteiger partial charge in [-0.1, -0.05) is 67.1 Å². The van der Waals surface area contributed by atoms with Gasteiger partial charge in [0.05, 0.1) is 25.4 Å². The predicted molar refractivity (Wildman–Crippen MR) is 175 cm³/mol. The summed E-state index contributed by atoms with van der Waals surface area (Å²) in [5.41, 5.74) is 0. The van der Waals surface area contributed by atoms with Crippen molar-refractivity contribution in [3.63, 3.8) is 0 Å². The van der Waals surface area contributed by atoms with Crippen molar-refractivity contribution >= 4 is 36.0 Å². The predicted octanol–water partition coefficient (Wildman–Crippen LogP) is 6.21. The molecule has 0 unspecified atom stereocenters. The number of halogens is 1. The molecule has 1 fully saturated rings. The van der Waals surface area contributed by atoms with E-state index in [1.807, 2.05) is 31.2 Å². The second-order valence-electron chi connectivity index (χ2n) is 11.8. The molecule has 1 aliphatic heterocycles. The molecule has 11 heteroatoms. The number of methoxy groups -OCH3 is 4. The molecule has 9 nitrogen and oxygen atoms in total. The first-order valence-corrected chi connectivity index (χ1v) is 18.0. The maximum absolute atomic E-state index is 11.4. The van der Waals surface area contributed by atoms with Crippen molar-refractivity contribution in [1.29, 1.82) is 0 Å². The second kappa shape index (κ2) is 19.0.